The molecule has 1 amide bonds. The zero-order chi connectivity index (χ0) is 28.0. The minimum Gasteiger partial charge on any atom is -0.501 e. The number of carboxylic acid groups (broad SMARTS) is 1. The van der Waals surface area contributed by atoms with Crippen LogP contribution in [0.5, 0.6) is 0 Å². The van der Waals surface area contributed by atoms with Crippen LogP contribution in [0.4, 0.5) is 11.4 Å². The molecule has 1 fully saturated rings. The van der Waals surface area contributed by atoms with E-state index >= 15 is 0 Å². The van der Waals surface area contributed by atoms with Gasteiger partial charge in [-0.15, -0.1) is 0 Å². The van der Waals surface area contributed by atoms with Crippen LogP contribution in [0.2, 0.25) is 0 Å². The van der Waals surface area contributed by atoms with E-state index in [9.17, 15) is 39.5 Å². The summed E-state index contributed by atoms with van der Waals surface area (Å²) in [4.78, 5) is 61.2. The van der Waals surface area contributed by atoms with Crippen LogP contribution in [-0.2, 0) is 25.7 Å². The smallest absolute Gasteiger partial charge is 0.337 e. The van der Waals surface area contributed by atoms with Crippen molar-refractivity contribution in [2.45, 2.75) is 13.0 Å². The average Bonchev–Trinajstić information content (AvgIpc) is 3.42. The van der Waals surface area contributed by atoms with Gasteiger partial charge in [-0.3, -0.25) is 19.7 Å². The van der Waals surface area contributed by atoms with E-state index in [1.807, 2.05) is 0 Å². The molecule has 3 rings (SSSR count). The summed E-state index contributed by atoms with van der Waals surface area (Å²) in [6.07, 6.45) is 0.245. The second kappa shape index (κ2) is 11.7. The number of hydrogen-bond donors (Lipinski definition) is 4. The number of methoxy groups -OCH3 is 1. The number of rotatable bonds is 10. The van der Waals surface area contributed by atoms with E-state index in [1.54, 1.807) is 0 Å². The monoisotopic (exact) mass is 545 g/mol. The number of aromatic carboxylic acids is 1. The maximum Gasteiger partial charge on any atom is 0.337 e. The number of aliphatic hydroxyl groups excluding tert-OH is 1. The third kappa shape index (κ3) is 5.60. The SMILES string of the molecule is COC(=O)c1ccc(C(=O)O)c(NC(=O)[C@@](C(=O)OCc2ccc([N+](=O)[O-])cc2)(C(O)=S)[C@@H]2CCNC2)c1. The summed E-state index contributed by atoms with van der Waals surface area (Å²) >= 11 is 4.98. The van der Waals surface area contributed by atoms with E-state index in [1.165, 1.54) is 30.3 Å². The second-order valence-electron chi connectivity index (χ2n) is 8.31. The van der Waals surface area contributed by atoms with Crippen molar-refractivity contribution in [3.05, 3.63) is 69.3 Å². The first-order valence-corrected chi connectivity index (χ1v) is 11.5. The van der Waals surface area contributed by atoms with Gasteiger partial charge >= 0.3 is 17.9 Å². The Morgan fingerprint density at radius 2 is 1.87 bits per heavy atom. The fourth-order valence-electron chi connectivity index (χ4n) is 4.10. The maximum absolute atomic E-state index is 13.7. The summed E-state index contributed by atoms with van der Waals surface area (Å²) in [5, 5.41) is 35.3. The largest absolute Gasteiger partial charge is 0.501 e. The molecular weight excluding hydrogens is 522 g/mol. The van der Waals surface area contributed by atoms with Gasteiger partial charge < -0.3 is 30.3 Å². The summed E-state index contributed by atoms with van der Waals surface area (Å²) in [6, 6.07) is 8.47. The van der Waals surface area contributed by atoms with Crippen LogP contribution in [0.15, 0.2) is 42.5 Å². The highest BCUT2D eigenvalue weighted by atomic mass is 32.1. The lowest BCUT2D eigenvalue weighted by molar-refractivity contribution is -0.384. The predicted octanol–water partition coefficient (Wildman–Crippen LogP) is 2.24. The molecule has 1 aliphatic rings. The first kappa shape index (κ1) is 28.1. The molecule has 14 heteroatoms. The molecule has 0 saturated carbocycles. The number of nitrogens with zero attached hydrogens (tertiary/aromatic N) is 1. The molecule has 38 heavy (non-hydrogen) atoms. The van der Waals surface area contributed by atoms with Gasteiger partial charge in [0.05, 0.1) is 28.8 Å². The Balaban J connectivity index is 1.98. The first-order valence-electron chi connectivity index (χ1n) is 11.1. The lowest BCUT2D eigenvalue weighted by Crippen LogP contribution is -2.55. The number of non-ortho nitro benzene ring substituents is 1. The predicted molar refractivity (Wildman–Crippen MR) is 135 cm³/mol. The van der Waals surface area contributed by atoms with Gasteiger partial charge in [0, 0.05) is 24.6 Å². The van der Waals surface area contributed by atoms with Crippen molar-refractivity contribution in [1.29, 1.82) is 0 Å². The summed E-state index contributed by atoms with van der Waals surface area (Å²) in [7, 11) is 1.12. The number of esters is 2. The third-order valence-electron chi connectivity index (χ3n) is 6.13. The van der Waals surface area contributed by atoms with Crippen LogP contribution < -0.4 is 10.6 Å². The molecular formula is C24H23N3O10S. The number of benzene rings is 2. The topological polar surface area (TPSA) is 194 Å². The van der Waals surface area contributed by atoms with Crippen molar-refractivity contribution in [2.24, 2.45) is 11.3 Å². The Bertz CT molecular complexity index is 1290. The molecule has 200 valence electrons. The number of amides is 1. The van der Waals surface area contributed by atoms with Gasteiger partial charge in [0.25, 0.3) is 11.6 Å². The zero-order valence-electron chi connectivity index (χ0n) is 20.0. The van der Waals surface area contributed by atoms with Gasteiger partial charge in [-0.1, -0.05) is 0 Å². The van der Waals surface area contributed by atoms with E-state index < -0.39 is 57.3 Å². The van der Waals surface area contributed by atoms with Crippen molar-refractivity contribution < 1.29 is 43.8 Å². The van der Waals surface area contributed by atoms with Gasteiger partial charge in [-0.2, -0.15) is 0 Å². The normalized spacial score (nSPS) is 16.1. The first-order chi connectivity index (χ1) is 18.0. The van der Waals surface area contributed by atoms with Gasteiger partial charge in [0.1, 0.15) is 6.61 Å². The third-order valence-corrected chi connectivity index (χ3v) is 6.45. The Morgan fingerprint density at radius 3 is 2.39 bits per heavy atom. The molecule has 2 atom stereocenters. The quantitative estimate of drug-likeness (QED) is 0.112. The van der Waals surface area contributed by atoms with Crippen LogP contribution in [-0.4, -0.2) is 64.2 Å². The van der Waals surface area contributed by atoms with E-state index in [2.05, 4.69) is 15.4 Å². The number of nitrogens with one attached hydrogen (secondary N) is 2. The summed E-state index contributed by atoms with van der Waals surface area (Å²) < 4.78 is 9.98. The summed E-state index contributed by atoms with van der Waals surface area (Å²) in [6.45, 7) is 0.109. The molecule has 1 aliphatic heterocycles. The van der Waals surface area contributed by atoms with Gasteiger partial charge in [-0.25, -0.2) is 9.59 Å². The minimum atomic E-state index is -2.42. The minimum absolute atomic E-state index is 0.0757. The van der Waals surface area contributed by atoms with Crippen molar-refractivity contribution >= 4 is 52.5 Å². The lowest BCUT2D eigenvalue weighted by Gasteiger charge is -2.33. The molecule has 4 N–H and O–H groups in total. The molecule has 2 aromatic carbocycles. The zero-order valence-corrected chi connectivity index (χ0v) is 20.8. The summed E-state index contributed by atoms with van der Waals surface area (Å²) in [5.41, 5.74) is -3.03. The van der Waals surface area contributed by atoms with E-state index in [0.717, 1.165) is 19.2 Å². The van der Waals surface area contributed by atoms with Crippen molar-refractivity contribution in [3.8, 4) is 0 Å². The van der Waals surface area contributed by atoms with Crippen molar-refractivity contribution in [3.63, 3.8) is 0 Å². The van der Waals surface area contributed by atoms with Gasteiger partial charge in [0.2, 0.25) is 5.41 Å². The van der Waals surface area contributed by atoms with E-state index in [4.69, 9.17) is 17.0 Å². The number of nitro groups is 1. The van der Waals surface area contributed by atoms with Crippen LogP contribution in [0, 0.1) is 21.4 Å². The molecule has 0 radical (unpaired) electrons. The van der Waals surface area contributed by atoms with Crippen LogP contribution in [0.1, 0.15) is 32.7 Å². The number of nitro benzene ring substituents is 1. The average molecular weight is 546 g/mol. The van der Waals surface area contributed by atoms with E-state index in [-0.39, 0.29) is 29.9 Å². The number of anilines is 1. The van der Waals surface area contributed by atoms with Crippen LogP contribution in [0.3, 0.4) is 0 Å². The van der Waals surface area contributed by atoms with Gasteiger partial charge in [-0.05, 0) is 61.1 Å². The number of thiocarbonyl (C=S) groups is 1. The number of ether oxygens (including phenoxy) is 2. The highest BCUT2D eigenvalue weighted by Gasteiger charge is 2.58. The highest BCUT2D eigenvalue weighted by molar-refractivity contribution is 7.80. The number of carboxylic acids is 1. The fraction of sp³-hybridized carbons (Fsp3) is 0.292. The Morgan fingerprint density at radius 1 is 1.18 bits per heavy atom. The molecule has 0 unspecified atom stereocenters. The molecule has 13 nitrogen and oxygen atoms in total. The Labute approximate surface area is 220 Å². The van der Waals surface area contributed by atoms with Crippen molar-refractivity contribution in [2.75, 3.05) is 25.5 Å². The molecule has 0 aliphatic carbocycles. The number of hydrogen-bond acceptors (Lipinski definition) is 10. The summed E-state index contributed by atoms with van der Waals surface area (Å²) in [5.74, 6) is -5.45. The molecule has 0 aromatic heterocycles. The Kier molecular flexibility index (Phi) is 8.70. The lowest BCUT2D eigenvalue weighted by atomic mass is 9.74. The molecule has 0 bridgehead atoms. The molecule has 2 aromatic rings. The number of carbonyl (C=O) groups excluding carboxylic acids is 3. The highest BCUT2D eigenvalue weighted by Crippen LogP contribution is 2.37. The molecule has 1 heterocycles. The van der Waals surface area contributed by atoms with Gasteiger partial charge in [0.15, 0.2) is 5.05 Å². The van der Waals surface area contributed by atoms with Crippen molar-refractivity contribution in [1.82, 2.24) is 5.32 Å². The maximum atomic E-state index is 13.7. The molecule has 0 spiro atoms. The Hall–Kier alpha value is -4.43. The van der Waals surface area contributed by atoms with E-state index in [0.29, 0.717) is 12.1 Å². The number of aliphatic hydroxyl groups is 1. The van der Waals surface area contributed by atoms with Crippen LogP contribution >= 0.6 is 12.2 Å². The second-order valence-corrected chi connectivity index (χ2v) is 8.70. The number of carbonyl (C=O) groups is 4. The fourth-order valence-corrected chi connectivity index (χ4v) is 4.45. The molecule has 1 saturated heterocycles. The standard InChI is InChI=1S/C24H23N3O10S/c1-36-20(30)14-4-7-17(19(28)29)18(10-14)26-21(31)24(23(33)38,15-8-9-25-11-15)22(32)37-12-13-2-5-16(6-3-13)27(34)35/h2-7,10,15,25H,8-9,11-12H2,1H3,(H,26,31)(H,28,29)(H,33,38)/t15-,24+/m1/s1. The van der Waals surface area contributed by atoms with Crippen LogP contribution in [0.25, 0.3) is 0 Å².